The molecule has 0 saturated heterocycles. The van der Waals surface area contributed by atoms with E-state index in [4.69, 9.17) is 10.5 Å². The van der Waals surface area contributed by atoms with Crippen LogP contribution in [0.2, 0.25) is 0 Å². The summed E-state index contributed by atoms with van der Waals surface area (Å²) in [5.41, 5.74) is 5.85. The van der Waals surface area contributed by atoms with Gasteiger partial charge in [-0.3, -0.25) is 4.79 Å². The highest BCUT2D eigenvalue weighted by atomic mass is 32.2. The topological polar surface area (TPSA) is 52.3 Å². The van der Waals surface area contributed by atoms with Crippen molar-refractivity contribution in [3.63, 3.8) is 0 Å². The molecule has 5 heteroatoms. The molecule has 1 aromatic carbocycles. The molecule has 0 fully saturated rings. The van der Waals surface area contributed by atoms with Crippen LogP contribution in [0.3, 0.4) is 0 Å². The van der Waals surface area contributed by atoms with Gasteiger partial charge in [-0.2, -0.15) is 0 Å². The number of rotatable bonds is 4. The molecule has 1 atom stereocenters. The van der Waals surface area contributed by atoms with Crippen LogP contribution in [0, 0.1) is 5.82 Å². The summed E-state index contributed by atoms with van der Waals surface area (Å²) in [4.78, 5) is 12.0. The number of esters is 1. The van der Waals surface area contributed by atoms with Crippen LogP contribution in [0.5, 0.6) is 0 Å². The Kier molecular flexibility index (Phi) is 4.61. The molecule has 0 spiro atoms. The van der Waals surface area contributed by atoms with Crippen LogP contribution >= 0.6 is 11.8 Å². The van der Waals surface area contributed by atoms with E-state index in [0.717, 1.165) is 0 Å². The molecule has 1 aromatic rings. The van der Waals surface area contributed by atoms with Crippen LogP contribution in [-0.4, -0.2) is 17.8 Å². The molecular formula is C11H14FNO2S. The van der Waals surface area contributed by atoms with Crippen molar-refractivity contribution < 1.29 is 13.9 Å². The molecule has 0 heterocycles. The maximum absolute atomic E-state index is 13.0. The number of benzene rings is 1. The lowest BCUT2D eigenvalue weighted by Gasteiger charge is -2.10. The molecule has 88 valence electrons. The van der Waals surface area contributed by atoms with Crippen LogP contribution < -0.4 is 5.73 Å². The van der Waals surface area contributed by atoms with Crippen molar-refractivity contribution in [3.8, 4) is 0 Å². The molecule has 2 N–H and O–H groups in total. The minimum absolute atomic E-state index is 0.310. The Bertz CT molecular complexity index is 364. The first-order valence-electron chi connectivity index (χ1n) is 4.92. The van der Waals surface area contributed by atoms with Gasteiger partial charge in [0, 0.05) is 10.6 Å². The zero-order chi connectivity index (χ0) is 12.1. The Morgan fingerprint density at radius 3 is 2.81 bits per heavy atom. The Morgan fingerprint density at radius 2 is 2.25 bits per heavy atom. The number of nitrogen functional groups attached to an aromatic ring is 1. The molecule has 0 aliphatic carbocycles. The van der Waals surface area contributed by atoms with Gasteiger partial charge in [0.15, 0.2) is 0 Å². The zero-order valence-corrected chi connectivity index (χ0v) is 10.0. The third-order valence-electron chi connectivity index (χ3n) is 1.83. The number of hydrogen-bond acceptors (Lipinski definition) is 4. The maximum atomic E-state index is 13.0. The largest absolute Gasteiger partial charge is 0.465 e. The Labute approximate surface area is 98.2 Å². The van der Waals surface area contributed by atoms with E-state index in [9.17, 15) is 9.18 Å². The summed E-state index contributed by atoms with van der Waals surface area (Å²) in [6, 6.07) is 4.21. The highest BCUT2D eigenvalue weighted by molar-refractivity contribution is 8.00. The minimum Gasteiger partial charge on any atom is -0.465 e. The molecule has 1 unspecified atom stereocenters. The maximum Gasteiger partial charge on any atom is 0.319 e. The van der Waals surface area contributed by atoms with Gasteiger partial charge in [-0.15, -0.1) is 11.8 Å². The number of hydrogen-bond donors (Lipinski definition) is 1. The highest BCUT2D eigenvalue weighted by Crippen LogP contribution is 2.26. The average Bonchev–Trinajstić information content (AvgIpc) is 2.16. The molecule has 0 amide bonds. The number of carbonyl (C=O) groups excluding carboxylic acids is 1. The molecular weight excluding hydrogens is 229 g/mol. The van der Waals surface area contributed by atoms with Crippen LogP contribution in [-0.2, 0) is 9.53 Å². The summed E-state index contributed by atoms with van der Waals surface area (Å²) in [6.07, 6.45) is 0. The molecule has 0 aliphatic rings. The molecule has 1 rings (SSSR count). The van der Waals surface area contributed by atoms with Crippen molar-refractivity contribution >= 4 is 23.4 Å². The van der Waals surface area contributed by atoms with Gasteiger partial charge in [-0.1, -0.05) is 0 Å². The molecule has 0 aromatic heterocycles. The molecule has 0 aliphatic heterocycles. The van der Waals surface area contributed by atoms with E-state index >= 15 is 0 Å². The highest BCUT2D eigenvalue weighted by Gasteiger charge is 2.15. The smallest absolute Gasteiger partial charge is 0.319 e. The first-order valence-corrected chi connectivity index (χ1v) is 5.80. The van der Waals surface area contributed by atoms with Crippen molar-refractivity contribution in [1.29, 1.82) is 0 Å². The molecule has 0 radical (unpaired) electrons. The van der Waals surface area contributed by atoms with E-state index in [2.05, 4.69) is 0 Å². The molecule has 0 saturated carbocycles. The van der Waals surface area contributed by atoms with Crippen LogP contribution in [0.15, 0.2) is 23.1 Å². The van der Waals surface area contributed by atoms with Crippen molar-refractivity contribution in [2.75, 3.05) is 12.3 Å². The lowest BCUT2D eigenvalue weighted by Crippen LogP contribution is -2.16. The van der Waals surface area contributed by atoms with Gasteiger partial charge in [-0.05, 0) is 32.0 Å². The number of nitrogens with two attached hydrogens (primary N) is 1. The van der Waals surface area contributed by atoms with E-state index in [1.54, 1.807) is 19.9 Å². The molecule has 16 heavy (non-hydrogen) atoms. The van der Waals surface area contributed by atoms with Gasteiger partial charge in [0.25, 0.3) is 0 Å². The minimum atomic E-state index is -0.404. The Morgan fingerprint density at radius 1 is 1.56 bits per heavy atom. The van der Waals surface area contributed by atoms with Gasteiger partial charge in [0.05, 0.1) is 6.61 Å². The summed E-state index contributed by atoms with van der Waals surface area (Å²) in [5, 5.41) is -0.374. The third-order valence-corrected chi connectivity index (χ3v) is 2.88. The number of ether oxygens (including phenoxy) is 1. The van der Waals surface area contributed by atoms with E-state index in [1.165, 1.54) is 23.9 Å². The second-order valence-corrected chi connectivity index (χ2v) is 4.65. The van der Waals surface area contributed by atoms with Gasteiger partial charge < -0.3 is 10.5 Å². The zero-order valence-electron chi connectivity index (χ0n) is 9.20. The fourth-order valence-corrected chi connectivity index (χ4v) is 2.12. The van der Waals surface area contributed by atoms with Crippen molar-refractivity contribution in [3.05, 3.63) is 24.0 Å². The van der Waals surface area contributed by atoms with E-state index in [0.29, 0.717) is 17.2 Å². The van der Waals surface area contributed by atoms with Gasteiger partial charge in [0.1, 0.15) is 11.1 Å². The fraction of sp³-hybridized carbons (Fsp3) is 0.364. The molecule has 3 nitrogen and oxygen atoms in total. The standard InChI is InChI=1S/C11H14FNO2S/c1-3-15-11(14)7(2)16-10-5-8(12)4-9(13)6-10/h4-7H,3,13H2,1-2H3. The third kappa shape index (κ3) is 3.73. The van der Waals surface area contributed by atoms with Crippen LogP contribution in [0.25, 0.3) is 0 Å². The Hall–Kier alpha value is -1.23. The molecule has 0 bridgehead atoms. The number of halogens is 1. The van der Waals surface area contributed by atoms with E-state index in [1.807, 2.05) is 0 Å². The van der Waals surface area contributed by atoms with Crippen LogP contribution in [0.1, 0.15) is 13.8 Å². The normalized spacial score (nSPS) is 12.2. The van der Waals surface area contributed by atoms with E-state index in [-0.39, 0.29) is 11.2 Å². The summed E-state index contributed by atoms with van der Waals surface area (Å²) in [6.45, 7) is 3.80. The number of thioether (sulfide) groups is 1. The number of anilines is 1. The van der Waals surface area contributed by atoms with Gasteiger partial charge >= 0.3 is 5.97 Å². The predicted molar refractivity (Wildman–Crippen MR) is 62.8 cm³/mol. The second-order valence-electron chi connectivity index (χ2n) is 3.23. The Balaban J connectivity index is 2.69. The van der Waals surface area contributed by atoms with Gasteiger partial charge in [0.2, 0.25) is 0 Å². The second kappa shape index (κ2) is 5.75. The summed E-state index contributed by atoms with van der Waals surface area (Å²) in [5.74, 6) is -0.714. The first-order chi connectivity index (χ1) is 7.52. The summed E-state index contributed by atoms with van der Waals surface area (Å²) >= 11 is 1.23. The monoisotopic (exact) mass is 243 g/mol. The van der Waals surface area contributed by atoms with Crippen molar-refractivity contribution in [2.24, 2.45) is 0 Å². The summed E-state index contributed by atoms with van der Waals surface area (Å²) < 4.78 is 17.9. The SMILES string of the molecule is CCOC(=O)C(C)Sc1cc(N)cc(F)c1. The quantitative estimate of drug-likeness (QED) is 0.501. The predicted octanol–water partition coefficient (Wildman–Crippen LogP) is 2.45. The van der Waals surface area contributed by atoms with Crippen molar-refractivity contribution in [1.82, 2.24) is 0 Å². The van der Waals surface area contributed by atoms with Crippen LogP contribution in [0.4, 0.5) is 10.1 Å². The van der Waals surface area contributed by atoms with Crippen molar-refractivity contribution in [2.45, 2.75) is 24.0 Å². The lowest BCUT2D eigenvalue weighted by atomic mass is 10.3. The lowest BCUT2D eigenvalue weighted by molar-refractivity contribution is -0.142. The number of carbonyl (C=O) groups is 1. The summed E-state index contributed by atoms with van der Waals surface area (Å²) in [7, 11) is 0. The van der Waals surface area contributed by atoms with E-state index < -0.39 is 5.82 Å². The first kappa shape index (κ1) is 12.8. The fourth-order valence-electron chi connectivity index (χ4n) is 1.16. The van der Waals surface area contributed by atoms with Gasteiger partial charge in [-0.25, -0.2) is 4.39 Å². The average molecular weight is 243 g/mol.